The van der Waals surface area contributed by atoms with Gasteiger partial charge in [-0.1, -0.05) is 18.2 Å². The maximum Gasteiger partial charge on any atom is 0.161 e. The van der Waals surface area contributed by atoms with E-state index in [0.29, 0.717) is 12.5 Å². The number of hydrogen-bond acceptors (Lipinski definition) is 4. The minimum absolute atomic E-state index is 0.102. The third-order valence-corrected chi connectivity index (χ3v) is 5.66. The number of aryl methyl sites for hydroxylation is 1. The number of aromatic nitrogens is 2. The van der Waals surface area contributed by atoms with Crippen molar-refractivity contribution in [1.29, 1.82) is 0 Å². The van der Waals surface area contributed by atoms with Gasteiger partial charge in [0.15, 0.2) is 11.5 Å². The molecule has 1 N–H and O–H groups in total. The van der Waals surface area contributed by atoms with Gasteiger partial charge in [-0.25, -0.2) is 4.98 Å². The number of aromatic amines is 1. The van der Waals surface area contributed by atoms with Crippen LogP contribution in [0.5, 0.6) is 11.5 Å². The number of imidazole rings is 1. The Bertz CT molecular complexity index is 944. The van der Waals surface area contributed by atoms with E-state index in [1.54, 1.807) is 0 Å². The summed E-state index contributed by atoms with van der Waals surface area (Å²) in [7, 11) is 0. The predicted octanol–water partition coefficient (Wildman–Crippen LogP) is 3.89. The number of piperidine rings is 1. The van der Waals surface area contributed by atoms with Gasteiger partial charge >= 0.3 is 0 Å². The van der Waals surface area contributed by atoms with Crippen molar-refractivity contribution >= 4 is 11.0 Å². The van der Waals surface area contributed by atoms with Crippen LogP contribution in [0.15, 0.2) is 42.5 Å². The van der Waals surface area contributed by atoms with Crippen LogP contribution in [0.4, 0.5) is 0 Å². The highest BCUT2D eigenvalue weighted by Crippen LogP contribution is 2.32. The number of nitrogens with zero attached hydrogens (tertiary/aromatic N) is 2. The second-order valence-corrected chi connectivity index (χ2v) is 7.72. The Hall–Kier alpha value is -2.53. The lowest BCUT2D eigenvalue weighted by Gasteiger charge is -2.35. The second kappa shape index (κ2) is 6.89. The molecule has 1 aromatic heterocycles. The standard InChI is InChI=1S/C22H25N3O2/c1-15-6-7-18-19(12-15)24-22(23-18)16-8-10-25(11-9-16)13-17-14-26-20-4-2-3-5-21(20)27-17/h2-7,12,16-17H,8-11,13-14H2,1H3,(H,23,24). The smallest absolute Gasteiger partial charge is 0.161 e. The summed E-state index contributed by atoms with van der Waals surface area (Å²) < 4.78 is 12.0. The molecule has 0 bridgehead atoms. The molecule has 2 aliphatic heterocycles. The first kappa shape index (κ1) is 16.6. The number of likely N-dealkylation sites (tertiary alicyclic amines) is 1. The van der Waals surface area contributed by atoms with E-state index in [9.17, 15) is 0 Å². The van der Waals surface area contributed by atoms with E-state index in [1.165, 1.54) is 5.56 Å². The molecule has 1 fully saturated rings. The van der Waals surface area contributed by atoms with Crippen molar-refractivity contribution < 1.29 is 9.47 Å². The van der Waals surface area contributed by atoms with Crippen molar-refractivity contribution in [2.45, 2.75) is 31.8 Å². The Labute approximate surface area is 159 Å². The minimum Gasteiger partial charge on any atom is -0.486 e. The van der Waals surface area contributed by atoms with E-state index < -0.39 is 0 Å². The van der Waals surface area contributed by atoms with E-state index in [0.717, 1.165) is 60.8 Å². The van der Waals surface area contributed by atoms with E-state index in [4.69, 9.17) is 14.5 Å². The fourth-order valence-corrected chi connectivity index (χ4v) is 4.17. The highest BCUT2D eigenvalue weighted by atomic mass is 16.6. The Morgan fingerprint density at radius 1 is 1.11 bits per heavy atom. The van der Waals surface area contributed by atoms with Gasteiger partial charge < -0.3 is 14.5 Å². The molecule has 0 saturated carbocycles. The Morgan fingerprint density at radius 2 is 1.93 bits per heavy atom. The largest absolute Gasteiger partial charge is 0.486 e. The average Bonchev–Trinajstić information content (AvgIpc) is 3.11. The van der Waals surface area contributed by atoms with Crippen LogP contribution >= 0.6 is 0 Å². The summed E-state index contributed by atoms with van der Waals surface area (Å²) in [5.41, 5.74) is 3.49. The van der Waals surface area contributed by atoms with Gasteiger partial charge in [-0.15, -0.1) is 0 Å². The Kier molecular flexibility index (Phi) is 4.24. The van der Waals surface area contributed by atoms with Gasteiger partial charge in [0.2, 0.25) is 0 Å². The number of fused-ring (bicyclic) bond motifs is 2. The summed E-state index contributed by atoms with van der Waals surface area (Å²) in [6.07, 6.45) is 2.36. The van der Waals surface area contributed by atoms with Crippen molar-refractivity contribution in [2.75, 3.05) is 26.2 Å². The molecule has 5 heteroatoms. The molecule has 5 nitrogen and oxygen atoms in total. The Balaban J connectivity index is 1.19. The van der Waals surface area contributed by atoms with E-state index in [1.807, 2.05) is 24.3 Å². The van der Waals surface area contributed by atoms with Crippen LogP contribution in [0.3, 0.4) is 0 Å². The number of H-pyrrole nitrogens is 1. The summed E-state index contributed by atoms with van der Waals surface area (Å²) in [6.45, 7) is 5.80. The quantitative estimate of drug-likeness (QED) is 0.767. The molecule has 2 aliphatic rings. The lowest BCUT2D eigenvalue weighted by Crippen LogP contribution is -2.44. The van der Waals surface area contributed by atoms with Crippen LogP contribution in [-0.4, -0.2) is 47.2 Å². The van der Waals surface area contributed by atoms with Crippen molar-refractivity contribution in [2.24, 2.45) is 0 Å². The van der Waals surface area contributed by atoms with Crippen LogP contribution in [0.25, 0.3) is 11.0 Å². The van der Waals surface area contributed by atoms with Gasteiger partial charge in [0.1, 0.15) is 18.5 Å². The van der Waals surface area contributed by atoms with Gasteiger partial charge in [0.05, 0.1) is 11.0 Å². The average molecular weight is 363 g/mol. The molecule has 2 aromatic carbocycles. The van der Waals surface area contributed by atoms with Gasteiger partial charge in [0, 0.05) is 12.5 Å². The number of para-hydroxylation sites is 2. The van der Waals surface area contributed by atoms with Crippen molar-refractivity contribution in [3.8, 4) is 11.5 Å². The molecule has 5 rings (SSSR count). The van der Waals surface area contributed by atoms with Crippen LogP contribution in [0.2, 0.25) is 0 Å². The highest BCUT2D eigenvalue weighted by molar-refractivity contribution is 5.75. The first-order valence-electron chi connectivity index (χ1n) is 9.82. The zero-order valence-corrected chi connectivity index (χ0v) is 15.6. The lowest BCUT2D eigenvalue weighted by atomic mass is 9.96. The van der Waals surface area contributed by atoms with Gasteiger partial charge in [-0.3, -0.25) is 4.90 Å². The molecule has 140 valence electrons. The molecule has 0 radical (unpaired) electrons. The minimum atomic E-state index is 0.102. The number of hydrogen-bond donors (Lipinski definition) is 1. The van der Waals surface area contributed by atoms with Crippen LogP contribution in [0, 0.1) is 6.92 Å². The van der Waals surface area contributed by atoms with Crippen molar-refractivity contribution in [3.63, 3.8) is 0 Å². The van der Waals surface area contributed by atoms with Crippen LogP contribution in [0.1, 0.15) is 30.1 Å². The van der Waals surface area contributed by atoms with Gasteiger partial charge in [-0.05, 0) is 62.7 Å². The van der Waals surface area contributed by atoms with E-state index in [2.05, 4.69) is 35.0 Å². The molecule has 0 amide bonds. The first-order valence-corrected chi connectivity index (χ1v) is 9.82. The zero-order chi connectivity index (χ0) is 18.2. The fraction of sp³-hybridized carbons (Fsp3) is 0.409. The van der Waals surface area contributed by atoms with Crippen LogP contribution < -0.4 is 9.47 Å². The lowest BCUT2D eigenvalue weighted by molar-refractivity contribution is 0.0511. The SMILES string of the molecule is Cc1ccc2nc(C3CCN(CC4COc5ccccc5O4)CC3)[nH]c2c1. The third-order valence-electron chi connectivity index (χ3n) is 5.66. The summed E-state index contributed by atoms with van der Waals surface area (Å²) >= 11 is 0. The summed E-state index contributed by atoms with van der Waals surface area (Å²) in [5, 5.41) is 0. The molecule has 0 spiro atoms. The monoisotopic (exact) mass is 363 g/mol. The molecule has 1 unspecified atom stereocenters. The van der Waals surface area contributed by atoms with Crippen molar-refractivity contribution in [3.05, 3.63) is 53.9 Å². The van der Waals surface area contributed by atoms with Crippen LogP contribution in [-0.2, 0) is 0 Å². The van der Waals surface area contributed by atoms with Gasteiger partial charge in [0.25, 0.3) is 0 Å². The Morgan fingerprint density at radius 3 is 2.78 bits per heavy atom. The highest BCUT2D eigenvalue weighted by Gasteiger charge is 2.27. The molecule has 3 aromatic rings. The fourth-order valence-electron chi connectivity index (χ4n) is 4.17. The molecule has 1 atom stereocenters. The predicted molar refractivity (Wildman–Crippen MR) is 106 cm³/mol. The first-order chi connectivity index (χ1) is 13.2. The molecular formula is C22H25N3O2. The summed E-state index contributed by atoms with van der Waals surface area (Å²) in [6, 6.07) is 14.3. The summed E-state index contributed by atoms with van der Waals surface area (Å²) in [4.78, 5) is 10.9. The molecular weight excluding hydrogens is 338 g/mol. The van der Waals surface area contributed by atoms with E-state index >= 15 is 0 Å². The molecule has 0 aliphatic carbocycles. The second-order valence-electron chi connectivity index (χ2n) is 7.72. The summed E-state index contributed by atoms with van der Waals surface area (Å²) in [5.74, 6) is 3.37. The number of rotatable bonds is 3. The zero-order valence-electron chi connectivity index (χ0n) is 15.6. The third kappa shape index (κ3) is 3.39. The number of nitrogens with one attached hydrogen (secondary N) is 1. The maximum atomic E-state index is 6.11. The van der Waals surface area contributed by atoms with E-state index in [-0.39, 0.29) is 6.10 Å². The molecule has 3 heterocycles. The van der Waals surface area contributed by atoms with Crippen molar-refractivity contribution in [1.82, 2.24) is 14.9 Å². The topological polar surface area (TPSA) is 50.4 Å². The number of ether oxygens (including phenoxy) is 2. The number of benzene rings is 2. The normalized spacial score (nSPS) is 20.9. The molecule has 1 saturated heterocycles. The van der Waals surface area contributed by atoms with Gasteiger partial charge in [-0.2, -0.15) is 0 Å². The molecule has 27 heavy (non-hydrogen) atoms. The maximum absolute atomic E-state index is 6.11.